The van der Waals surface area contributed by atoms with Crippen molar-refractivity contribution < 1.29 is 9.90 Å². The molecule has 1 heterocycles. The van der Waals surface area contributed by atoms with Crippen molar-refractivity contribution in [3.05, 3.63) is 29.8 Å². The first kappa shape index (κ1) is 11.9. The Bertz CT molecular complexity index is 392. The Kier molecular flexibility index (Phi) is 3.33. The Labute approximate surface area is 101 Å². The van der Waals surface area contributed by atoms with Gasteiger partial charge in [-0.3, -0.25) is 0 Å². The van der Waals surface area contributed by atoms with Crippen LogP contribution in [0.15, 0.2) is 24.3 Å². The molecular weight excluding hydrogens is 216 g/mol. The molecule has 4 heteroatoms. The molecule has 0 radical (unpaired) electrons. The molecule has 0 aromatic heterocycles. The van der Waals surface area contributed by atoms with Gasteiger partial charge in [-0.05, 0) is 44.7 Å². The van der Waals surface area contributed by atoms with E-state index in [2.05, 4.69) is 24.2 Å². The van der Waals surface area contributed by atoms with Crippen LogP contribution in [0.3, 0.4) is 0 Å². The lowest BCUT2D eigenvalue weighted by Crippen LogP contribution is -2.24. The van der Waals surface area contributed by atoms with Crippen molar-refractivity contribution in [2.75, 3.05) is 18.9 Å². The highest BCUT2D eigenvalue weighted by atomic mass is 16.4. The van der Waals surface area contributed by atoms with Gasteiger partial charge in [-0.1, -0.05) is 0 Å². The third kappa shape index (κ3) is 2.77. The fraction of sp³-hybridized carbons (Fsp3) is 0.462. The third-order valence-electron chi connectivity index (χ3n) is 3.39. The first-order chi connectivity index (χ1) is 8.06. The fourth-order valence-corrected chi connectivity index (χ4v) is 2.24. The molecule has 1 aliphatic rings. The van der Waals surface area contributed by atoms with Gasteiger partial charge in [0, 0.05) is 24.3 Å². The van der Waals surface area contributed by atoms with Gasteiger partial charge in [0.25, 0.3) is 0 Å². The van der Waals surface area contributed by atoms with E-state index in [1.807, 2.05) is 12.1 Å². The van der Waals surface area contributed by atoms with E-state index in [9.17, 15) is 4.79 Å². The summed E-state index contributed by atoms with van der Waals surface area (Å²) in [6.45, 7) is 3.25. The average Bonchev–Trinajstić information content (AvgIpc) is 2.58. The normalized spacial score (nSPS) is 24.8. The van der Waals surface area contributed by atoms with Crippen LogP contribution >= 0.6 is 0 Å². The largest absolute Gasteiger partial charge is 0.478 e. The van der Waals surface area contributed by atoms with E-state index in [-0.39, 0.29) is 0 Å². The molecule has 2 atom stereocenters. The quantitative estimate of drug-likeness (QED) is 0.838. The predicted molar refractivity (Wildman–Crippen MR) is 67.5 cm³/mol. The lowest BCUT2D eigenvalue weighted by atomic mass is 10.1. The average molecular weight is 234 g/mol. The molecule has 1 fully saturated rings. The first-order valence-electron chi connectivity index (χ1n) is 5.86. The molecule has 0 aliphatic carbocycles. The van der Waals surface area contributed by atoms with E-state index in [0.29, 0.717) is 17.6 Å². The number of rotatable bonds is 3. The number of carbonyl (C=O) groups is 1. The van der Waals surface area contributed by atoms with Gasteiger partial charge in [0.15, 0.2) is 0 Å². The molecule has 17 heavy (non-hydrogen) atoms. The molecule has 4 nitrogen and oxygen atoms in total. The Balaban J connectivity index is 1.98. The number of carboxylic acids is 1. The zero-order valence-corrected chi connectivity index (χ0v) is 10.2. The number of carboxylic acid groups (broad SMARTS) is 1. The minimum Gasteiger partial charge on any atom is -0.478 e. The maximum absolute atomic E-state index is 10.7. The molecule has 2 rings (SSSR count). The lowest BCUT2D eigenvalue weighted by Gasteiger charge is -2.14. The Morgan fingerprint density at radius 3 is 2.53 bits per heavy atom. The van der Waals surface area contributed by atoms with Crippen LogP contribution in [0.1, 0.15) is 23.7 Å². The highest BCUT2D eigenvalue weighted by Gasteiger charge is 2.25. The monoisotopic (exact) mass is 234 g/mol. The van der Waals surface area contributed by atoms with Gasteiger partial charge >= 0.3 is 5.97 Å². The molecule has 92 valence electrons. The summed E-state index contributed by atoms with van der Waals surface area (Å²) in [6, 6.07) is 7.97. The van der Waals surface area contributed by atoms with Gasteiger partial charge in [-0.15, -0.1) is 0 Å². The maximum Gasteiger partial charge on any atom is 0.335 e. The molecule has 2 N–H and O–H groups in total. The molecule has 1 aromatic carbocycles. The second-order valence-corrected chi connectivity index (χ2v) is 4.75. The lowest BCUT2D eigenvalue weighted by molar-refractivity contribution is 0.0697. The van der Waals surface area contributed by atoms with Crippen molar-refractivity contribution >= 4 is 11.7 Å². The molecule has 1 aliphatic heterocycles. The highest BCUT2D eigenvalue weighted by Crippen LogP contribution is 2.19. The van der Waals surface area contributed by atoms with Gasteiger partial charge < -0.3 is 15.3 Å². The van der Waals surface area contributed by atoms with Gasteiger partial charge in [0.05, 0.1) is 5.56 Å². The molecule has 2 unspecified atom stereocenters. The second-order valence-electron chi connectivity index (χ2n) is 4.75. The van der Waals surface area contributed by atoms with Crippen LogP contribution in [0.4, 0.5) is 5.69 Å². The summed E-state index contributed by atoms with van der Waals surface area (Å²) >= 11 is 0. The topological polar surface area (TPSA) is 52.6 Å². The summed E-state index contributed by atoms with van der Waals surface area (Å²) in [5.41, 5.74) is 1.31. The third-order valence-corrected chi connectivity index (χ3v) is 3.39. The molecule has 1 aromatic rings. The Morgan fingerprint density at radius 2 is 2.06 bits per heavy atom. The van der Waals surface area contributed by atoms with Gasteiger partial charge in [-0.25, -0.2) is 4.79 Å². The van der Waals surface area contributed by atoms with Crippen LogP contribution < -0.4 is 5.32 Å². The van der Waals surface area contributed by atoms with Gasteiger partial charge in [0.1, 0.15) is 0 Å². The van der Waals surface area contributed by atoms with Crippen LogP contribution in [0.2, 0.25) is 0 Å². The van der Waals surface area contributed by atoms with Crippen LogP contribution in [0.25, 0.3) is 0 Å². The number of likely N-dealkylation sites (tertiary alicyclic amines) is 1. The van der Waals surface area contributed by atoms with Crippen LogP contribution in [-0.2, 0) is 0 Å². The Hall–Kier alpha value is -1.55. The summed E-state index contributed by atoms with van der Waals surface area (Å²) in [6.07, 6.45) is 1.12. The second kappa shape index (κ2) is 4.75. The number of nitrogens with one attached hydrogen (secondary N) is 1. The SMILES string of the molecule is CC1CC(Nc2ccc(C(=O)O)cc2)CN1C. The minimum absolute atomic E-state index is 0.326. The summed E-state index contributed by atoms with van der Waals surface area (Å²) in [7, 11) is 2.12. The number of nitrogens with zero attached hydrogens (tertiary/aromatic N) is 1. The van der Waals surface area contributed by atoms with Crippen molar-refractivity contribution in [3.63, 3.8) is 0 Å². The van der Waals surface area contributed by atoms with E-state index in [1.165, 1.54) is 0 Å². The van der Waals surface area contributed by atoms with Gasteiger partial charge in [0.2, 0.25) is 0 Å². The van der Waals surface area contributed by atoms with Crippen LogP contribution in [-0.4, -0.2) is 41.7 Å². The standard InChI is InChI=1S/C13H18N2O2/c1-9-7-12(8-15(9)2)14-11-5-3-10(4-6-11)13(16)17/h3-6,9,12,14H,7-8H2,1-2H3,(H,16,17). The van der Waals surface area contributed by atoms with Crippen molar-refractivity contribution in [1.82, 2.24) is 4.90 Å². The fourth-order valence-electron chi connectivity index (χ4n) is 2.24. The zero-order valence-electron chi connectivity index (χ0n) is 10.2. The smallest absolute Gasteiger partial charge is 0.335 e. The minimum atomic E-state index is -0.884. The summed E-state index contributed by atoms with van der Waals surface area (Å²) in [5.74, 6) is -0.884. The van der Waals surface area contributed by atoms with Crippen molar-refractivity contribution in [2.24, 2.45) is 0 Å². The Morgan fingerprint density at radius 1 is 1.41 bits per heavy atom. The van der Waals surface area contributed by atoms with Gasteiger partial charge in [-0.2, -0.15) is 0 Å². The van der Waals surface area contributed by atoms with Crippen molar-refractivity contribution in [3.8, 4) is 0 Å². The van der Waals surface area contributed by atoms with Crippen LogP contribution in [0, 0.1) is 0 Å². The highest BCUT2D eigenvalue weighted by molar-refractivity contribution is 5.87. The molecule has 0 amide bonds. The molecule has 0 saturated carbocycles. The summed E-state index contributed by atoms with van der Waals surface area (Å²) < 4.78 is 0. The zero-order chi connectivity index (χ0) is 12.4. The van der Waals surface area contributed by atoms with E-state index >= 15 is 0 Å². The van der Waals surface area contributed by atoms with E-state index in [1.54, 1.807) is 12.1 Å². The summed E-state index contributed by atoms with van der Waals surface area (Å²) in [5, 5.41) is 12.2. The van der Waals surface area contributed by atoms with Crippen molar-refractivity contribution in [2.45, 2.75) is 25.4 Å². The maximum atomic E-state index is 10.7. The number of anilines is 1. The molecule has 0 bridgehead atoms. The predicted octanol–water partition coefficient (Wildman–Crippen LogP) is 1.89. The molecule has 0 spiro atoms. The van der Waals surface area contributed by atoms with E-state index in [4.69, 9.17) is 5.11 Å². The number of likely N-dealkylation sites (N-methyl/N-ethyl adjacent to an activating group) is 1. The van der Waals surface area contributed by atoms with E-state index in [0.717, 1.165) is 18.7 Å². The number of benzene rings is 1. The number of hydrogen-bond acceptors (Lipinski definition) is 3. The summed E-state index contributed by atoms with van der Waals surface area (Å²) in [4.78, 5) is 13.0. The van der Waals surface area contributed by atoms with E-state index < -0.39 is 5.97 Å². The molecule has 1 saturated heterocycles. The number of aromatic carboxylic acids is 1. The number of hydrogen-bond donors (Lipinski definition) is 2. The van der Waals surface area contributed by atoms with Crippen molar-refractivity contribution in [1.29, 1.82) is 0 Å². The molecular formula is C13H18N2O2. The first-order valence-corrected chi connectivity index (χ1v) is 5.86. The van der Waals surface area contributed by atoms with Crippen LogP contribution in [0.5, 0.6) is 0 Å².